The maximum atomic E-state index is 12.7. The van der Waals surface area contributed by atoms with Crippen molar-refractivity contribution < 1.29 is 4.79 Å². The van der Waals surface area contributed by atoms with Crippen LogP contribution in [0.15, 0.2) is 34.1 Å². The Hall–Kier alpha value is -2.57. The molecule has 2 aromatic rings. The molecule has 1 aliphatic heterocycles. The number of hydrogen-bond donors (Lipinski definition) is 1. The molecule has 1 atom stereocenters. The van der Waals surface area contributed by atoms with Gasteiger partial charge < -0.3 is 9.47 Å². The molecule has 1 N–H and O–H groups in total. The van der Waals surface area contributed by atoms with Gasteiger partial charge in [0.2, 0.25) is 5.91 Å². The van der Waals surface area contributed by atoms with Crippen molar-refractivity contribution >= 4 is 5.91 Å². The largest absolute Gasteiger partial charge is 0.348 e. The Bertz CT molecular complexity index is 845. The number of fused-ring (bicyclic) bond motifs is 1. The molecule has 23 heavy (non-hydrogen) atoms. The second kappa shape index (κ2) is 5.91. The summed E-state index contributed by atoms with van der Waals surface area (Å²) in [4.78, 5) is 40.0. The van der Waals surface area contributed by atoms with E-state index in [1.165, 1.54) is 10.8 Å². The van der Waals surface area contributed by atoms with Gasteiger partial charge in [-0.1, -0.05) is 6.92 Å². The summed E-state index contributed by atoms with van der Waals surface area (Å²) in [5.41, 5.74) is 0.567. The average Bonchev–Trinajstić information content (AvgIpc) is 3.00. The number of nitrogens with one attached hydrogen (secondary N) is 1. The van der Waals surface area contributed by atoms with Crippen molar-refractivity contribution in [1.82, 2.24) is 19.0 Å². The molecule has 0 aromatic carbocycles. The lowest BCUT2D eigenvalue weighted by Crippen LogP contribution is -2.44. The average molecular weight is 316 g/mol. The lowest BCUT2D eigenvalue weighted by Gasteiger charge is -2.36. The minimum absolute atomic E-state index is 0.0193. The zero-order valence-corrected chi connectivity index (χ0v) is 13.3. The molecular formula is C16H20N4O3. The normalized spacial score (nSPS) is 17.1. The van der Waals surface area contributed by atoms with Crippen LogP contribution in [-0.2, 0) is 17.9 Å². The molecular weight excluding hydrogens is 296 g/mol. The van der Waals surface area contributed by atoms with Gasteiger partial charge in [-0.2, -0.15) is 0 Å². The first kappa shape index (κ1) is 15.3. The zero-order valence-electron chi connectivity index (χ0n) is 13.3. The second-order valence-corrected chi connectivity index (χ2v) is 5.84. The third-order valence-corrected chi connectivity index (χ3v) is 4.37. The topological polar surface area (TPSA) is 80.1 Å². The summed E-state index contributed by atoms with van der Waals surface area (Å²) in [5.74, 6) is -0.113. The van der Waals surface area contributed by atoms with E-state index in [4.69, 9.17) is 0 Å². The fourth-order valence-corrected chi connectivity index (χ4v) is 3.16. The van der Waals surface area contributed by atoms with Crippen molar-refractivity contribution in [2.24, 2.45) is 0 Å². The number of aryl methyl sites for hydroxylation is 1. The van der Waals surface area contributed by atoms with Crippen LogP contribution < -0.4 is 11.2 Å². The summed E-state index contributed by atoms with van der Waals surface area (Å²) < 4.78 is 3.42. The fourth-order valence-electron chi connectivity index (χ4n) is 3.16. The van der Waals surface area contributed by atoms with Gasteiger partial charge in [0.15, 0.2) is 0 Å². The smallest absolute Gasteiger partial charge is 0.328 e. The summed E-state index contributed by atoms with van der Waals surface area (Å²) >= 11 is 0. The highest BCUT2D eigenvalue weighted by Crippen LogP contribution is 2.28. The molecule has 1 amide bonds. The number of nitrogens with zero attached hydrogens (tertiary/aromatic N) is 3. The zero-order chi connectivity index (χ0) is 16.6. The molecule has 0 aliphatic carbocycles. The Morgan fingerprint density at radius 1 is 1.35 bits per heavy atom. The monoisotopic (exact) mass is 316 g/mol. The van der Waals surface area contributed by atoms with Gasteiger partial charge in [0.05, 0.1) is 6.04 Å². The molecule has 7 nitrogen and oxygen atoms in total. The van der Waals surface area contributed by atoms with Crippen LogP contribution in [0.2, 0.25) is 0 Å². The number of aromatic amines is 1. The Kier molecular flexibility index (Phi) is 3.94. The van der Waals surface area contributed by atoms with E-state index in [2.05, 4.69) is 9.55 Å². The van der Waals surface area contributed by atoms with Gasteiger partial charge in [-0.25, -0.2) is 4.79 Å². The van der Waals surface area contributed by atoms with E-state index in [0.29, 0.717) is 12.1 Å². The van der Waals surface area contributed by atoms with E-state index in [-0.39, 0.29) is 18.5 Å². The number of carbonyl (C=O) groups is 1. The quantitative estimate of drug-likeness (QED) is 0.902. The molecule has 0 bridgehead atoms. The van der Waals surface area contributed by atoms with Gasteiger partial charge in [-0.05, 0) is 25.5 Å². The molecule has 0 radical (unpaired) electrons. The van der Waals surface area contributed by atoms with Gasteiger partial charge in [0, 0.05) is 36.7 Å². The van der Waals surface area contributed by atoms with Gasteiger partial charge in [0.25, 0.3) is 5.56 Å². The number of carbonyl (C=O) groups excluding carboxylic acids is 1. The van der Waals surface area contributed by atoms with Crippen molar-refractivity contribution in [1.29, 1.82) is 0 Å². The van der Waals surface area contributed by atoms with E-state index in [1.807, 2.05) is 30.2 Å². The maximum absolute atomic E-state index is 12.7. The van der Waals surface area contributed by atoms with Crippen molar-refractivity contribution in [3.05, 3.63) is 56.6 Å². The van der Waals surface area contributed by atoms with Crippen molar-refractivity contribution in [3.63, 3.8) is 0 Å². The summed E-state index contributed by atoms with van der Waals surface area (Å²) in [5, 5.41) is 0. The standard InChI is InChI=1S/C16H20N4O3/c1-3-12-13-5-4-6-18(13)7-8-20(12)14(21)10-19-9-11(2)15(22)17-16(19)23/h4-6,9,12H,3,7-8,10H2,1-2H3,(H,17,22,23)/t12-/m1/s1. The molecule has 3 rings (SSSR count). The van der Waals surface area contributed by atoms with E-state index >= 15 is 0 Å². The summed E-state index contributed by atoms with van der Waals surface area (Å²) in [6.07, 6.45) is 4.28. The maximum Gasteiger partial charge on any atom is 0.328 e. The number of rotatable bonds is 3. The highest BCUT2D eigenvalue weighted by atomic mass is 16.2. The molecule has 1 aliphatic rings. The summed E-state index contributed by atoms with van der Waals surface area (Å²) in [6.45, 7) is 4.97. The van der Waals surface area contributed by atoms with Crippen LogP contribution in [0, 0.1) is 6.92 Å². The molecule has 0 saturated carbocycles. The van der Waals surface area contributed by atoms with Crippen LogP contribution in [0.3, 0.4) is 0 Å². The molecule has 0 unspecified atom stereocenters. The van der Waals surface area contributed by atoms with Crippen LogP contribution in [0.25, 0.3) is 0 Å². The fraction of sp³-hybridized carbons (Fsp3) is 0.438. The number of hydrogen-bond acceptors (Lipinski definition) is 3. The third kappa shape index (κ3) is 2.74. The van der Waals surface area contributed by atoms with Crippen LogP contribution in [0.4, 0.5) is 0 Å². The number of amides is 1. The first-order chi connectivity index (χ1) is 11.0. The van der Waals surface area contributed by atoms with E-state index < -0.39 is 11.2 Å². The Labute approximate surface area is 133 Å². The predicted molar refractivity (Wildman–Crippen MR) is 85.2 cm³/mol. The second-order valence-electron chi connectivity index (χ2n) is 5.84. The molecule has 3 heterocycles. The molecule has 0 fully saturated rings. The lowest BCUT2D eigenvalue weighted by molar-refractivity contribution is -0.135. The van der Waals surface area contributed by atoms with Crippen LogP contribution in [-0.4, -0.2) is 31.5 Å². The lowest BCUT2D eigenvalue weighted by atomic mass is 10.1. The van der Waals surface area contributed by atoms with Crippen molar-refractivity contribution in [2.45, 2.75) is 39.4 Å². The van der Waals surface area contributed by atoms with Gasteiger partial charge in [0.1, 0.15) is 6.54 Å². The summed E-state index contributed by atoms with van der Waals surface area (Å²) in [7, 11) is 0. The van der Waals surface area contributed by atoms with E-state index in [9.17, 15) is 14.4 Å². The van der Waals surface area contributed by atoms with Crippen molar-refractivity contribution in [3.8, 4) is 0 Å². The van der Waals surface area contributed by atoms with Gasteiger partial charge in [-0.15, -0.1) is 0 Å². The molecule has 0 spiro atoms. The summed E-state index contributed by atoms with van der Waals surface area (Å²) in [6, 6.07) is 4.04. The van der Waals surface area contributed by atoms with Crippen LogP contribution in [0.5, 0.6) is 0 Å². The molecule has 122 valence electrons. The predicted octanol–water partition coefficient (Wildman–Crippen LogP) is 0.640. The molecule has 0 saturated heterocycles. The van der Waals surface area contributed by atoms with Gasteiger partial charge >= 0.3 is 5.69 Å². The Morgan fingerprint density at radius 3 is 2.87 bits per heavy atom. The van der Waals surface area contributed by atoms with E-state index in [1.54, 1.807) is 6.92 Å². The van der Waals surface area contributed by atoms with Crippen LogP contribution in [0.1, 0.15) is 30.6 Å². The van der Waals surface area contributed by atoms with Crippen molar-refractivity contribution in [2.75, 3.05) is 6.54 Å². The highest BCUT2D eigenvalue weighted by Gasteiger charge is 2.29. The molecule has 2 aromatic heterocycles. The Balaban J connectivity index is 1.85. The first-order valence-corrected chi connectivity index (χ1v) is 7.76. The SMILES string of the molecule is CC[C@@H]1c2cccn2CCN1C(=O)Cn1cc(C)c(=O)[nH]c1=O. The highest BCUT2D eigenvalue weighted by molar-refractivity contribution is 5.76. The minimum atomic E-state index is -0.553. The third-order valence-electron chi connectivity index (χ3n) is 4.37. The van der Waals surface area contributed by atoms with Gasteiger partial charge in [-0.3, -0.25) is 19.1 Å². The Morgan fingerprint density at radius 2 is 2.13 bits per heavy atom. The number of H-pyrrole nitrogens is 1. The number of aromatic nitrogens is 3. The first-order valence-electron chi connectivity index (χ1n) is 7.76. The molecule has 7 heteroatoms. The van der Waals surface area contributed by atoms with Crippen LogP contribution >= 0.6 is 0 Å². The van der Waals surface area contributed by atoms with E-state index in [0.717, 1.165) is 18.7 Å². The minimum Gasteiger partial charge on any atom is -0.348 e.